The zero-order valence-corrected chi connectivity index (χ0v) is 14.4. The summed E-state index contributed by atoms with van der Waals surface area (Å²) in [6.07, 6.45) is 21.2. The lowest BCUT2D eigenvalue weighted by Crippen LogP contribution is -1.93. The Labute approximate surface area is 133 Å². The number of carboxylic acids is 1. The van der Waals surface area contributed by atoms with Gasteiger partial charge in [0.25, 0.3) is 0 Å². The summed E-state index contributed by atoms with van der Waals surface area (Å²) in [6, 6.07) is 0. The molecule has 0 atom stereocenters. The van der Waals surface area contributed by atoms with Crippen molar-refractivity contribution in [2.45, 2.75) is 96.8 Å². The van der Waals surface area contributed by atoms with Crippen LogP contribution in [0.2, 0.25) is 0 Å². The fourth-order valence-corrected chi connectivity index (χ4v) is 2.35. The quantitative estimate of drug-likeness (QED) is 0.274. The van der Waals surface area contributed by atoms with Crippen molar-refractivity contribution < 1.29 is 9.90 Å². The van der Waals surface area contributed by atoms with Crippen LogP contribution in [0.5, 0.6) is 0 Å². The van der Waals surface area contributed by atoms with Gasteiger partial charge < -0.3 is 5.11 Å². The summed E-state index contributed by atoms with van der Waals surface area (Å²) in [5, 5.41) is 8.51. The second-order valence-corrected chi connectivity index (χ2v) is 5.73. The number of carboxylic acid groups (broad SMARTS) is 1. The normalized spacial score (nSPS) is 10.7. The molecule has 0 amide bonds. The highest BCUT2D eigenvalue weighted by molar-refractivity contribution is 5.66. The molecule has 0 heterocycles. The van der Waals surface area contributed by atoms with Crippen molar-refractivity contribution in [3.63, 3.8) is 0 Å². The van der Waals surface area contributed by atoms with E-state index < -0.39 is 5.97 Å². The fourth-order valence-electron chi connectivity index (χ4n) is 2.35. The van der Waals surface area contributed by atoms with E-state index in [1.54, 1.807) is 0 Å². The summed E-state index contributed by atoms with van der Waals surface area (Å²) in [6.45, 7) is 2.26. The van der Waals surface area contributed by atoms with Gasteiger partial charge >= 0.3 is 5.97 Å². The highest BCUT2D eigenvalue weighted by atomic mass is 16.4. The smallest absolute Gasteiger partial charge is 0.303 e. The van der Waals surface area contributed by atoms with Crippen molar-refractivity contribution in [2.75, 3.05) is 0 Å². The molecular formula is C19H37O2. The number of unbranched alkanes of at least 4 members (excludes halogenated alkanes) is 11. The monoisotopic (exact) mass is 297 g/mol. The minimum atomic E-state index is -0.664. The Bertz CT molecular complexity index is 234. The first kappa shape index (κ1) is 22.5. The lowest BCUT2D eigenvalue weighted by Gasteiger charge is -1.99. The van der Waals surface area contributed by atoms with E-state index in [1.807, 2.05) is 0 Å². The van der Waals surface area contributed by atoms with Crippen LogP contribution in [0, 0.1) is 7.43 Å². The van der Waals surface area contributed by atoms with Crippen molar-refractivity contribution in [1.29, 1.82) is 0 Å². The fraction of sp³-hybridized carbons (Fsp3) is 0.789. The highest BCUT2D eigenvalue weighted by Crippen LogP contribution is 2.09. The molecule has 2 heteroatoms. The van der Waals surface area contributed by atoms with Crippen molar-refractivity contribution >= 4 is 5.97 Å². The second kappa shape index (κ2) is 19.2. The third-order valence-corrected chi connectivity index (χ3v) is 3.65. The van der Waals surface area contributed by atoms with E-state index in [2.05, 4.69) is 19.1 Å². The van der Waals surface area contributed by atoms with E-state index in [0.29, 0.717) is 6.42 Å². The lowest BCUT2D eigenvalue weighted by atomic mass is 10.1. The van der Waals surface area contributed by atoms with Crippen LogP contribution in [-0.2, 0) is 4.79 Å². The van der Waals surface area contributed by atoms with Crippen molar-refractivity contribution in [3.8, 4) is 0 Å². The number of hydrogen-bond acceptors (Lipinski definition) is 1. The van der Waals surface area contributed by atoms with Crippen LogP contribution in [-0.4, -0.2) is 11.1 Å². The molecule has 0 aromatic heterocycles. The second-order valence-electron chi connectivity index (χ2n) is 5.73. The summed E-state index contributed by atoms with van der Waals surface area (Å²) >= 11 is 0. The van der Waals surface area contributed by atoms with E-state index in [4.69, 9.17) is 5.11 Å². The molecule has 2 nitrogen and oxygen atoms in total. The van der Waals surface area contributed by atoms with Gasteiger partial charge in [0.05, 0.1) is 0 Å². The van der Waals surface area contributed by atoms with Crippen LogP contribution >= 0.6 is 0 Å². The van der Waals surface area contributed by atoms with Crippen molar-refractivity contribution in [2.24, 2.45) is 0 Å². The van der Waals surface area contributed by atoms with E-state index >= 15 is 0 Å². The van der Waals surface area contributed by atoms with Gasteiger partial charge in [0.1, 0.15) is 0 Å². The molecule has 0 aromatic carbocycles. The molecule has 0 aliphatic rings. The van der Waals surface area contributed by atoms with Crippen LogP contribution in [0.25, 0.3) is 0 Å². The number of hydrogen-bond donors (Lipinski definition) is 1. The first-order valence-electron chi connectivity index (χ1n) is 8.64. The Hall–Kier alpha value is -0.790. The van der Waals surface area contributed by atoms with Gasteiger partial charge in [-0.05, 0) is 32.1 Å². The van der Waals surface area contributed by atoms with Gasteiger partial charge in [0, 0.05) is 6.42 Å². The maximum absolute atomic E-state index is 10.3. The van der Waals surface area contributed by atoms with E-state index in [1.165, 1.54) is 70.6 Å². The first-order chi connectivity index (χ1) is 9.77. The zero-order chi connectivity index (χ0) is 14.9. The van der Waals surface area contributed by atoms with Crippen LogP contribution in [0.4, 0.5) is 0 Å². The first-order valence-corrected chi connectivity index (χ1v) is 8.64. The predicted octanol–water partition coefficient (Wildman–Crippen LogP) is 6.56. The van der Waals surface area contributed by atoms with Gasteiger partial charge in [-0.3, -0.25) is 4.79 Å². The Morgan fingerprint density at radius 2 is 1.19 bits per heavy atom. The highest BCUT2D eigenvalue weighted by Gasteiger charge is 1.95. The SMILES string of the molecule is CCCCCCCCC=CCCCCCCCC(=O)O.[CH3]. The molecule has 1 N–H and O–H groups in total. The minimum Gasteiger partial charge on any atom is -0.481 e. The Balaban J connectivity index is 0. The van der Waals surface area contributed by atoms with Gasteiger partial charge in [0.2, 0.25) is 0 Å². The number of aliphatic carboxylic acids is 1. The molecule has 0 fully saturated rings. The Morgan fingerprint density at radius 1 is 0.762 bits per heavy atom. The largest absolute Gasteiger partial charge is 0.481 e. The van der Waals surface area contributed by atoms with Gasteiger partial charge in [-0.1, -0.05) is 77.9 Å². The summed E-state index contributed by atoms with van der Waals surface area (Å²) in [7, 11) is 0. The molecule has 0 unspecified atom stereocenters. The van der Waals surface area contributed by atoms with Crippen LogP contribution in [0.3, 0.4) is 0 Å². The molecule has 0 saturated carbocycles. The molecular weight excluding hydrogens is 260 g/mol. The van der Waals surface area contributed by atoms with Gasteiger partial charge in [-0.25, -0.2) is 0 Å². The number of carbonyl (C=O) groups is 1. The maximum atomic E-state index is 10.3. The van der Waals surface area contributed by atoms with Gasteiger partial charge in [0.15, 0.2) is 0 Å². The molecule has 0 rings (SSSR count). The molecule has 0 aliphatic heterocycles. The maximum Gasteiger partial charge on any atom is 0.303 e. The van der Waals surface area contributed by atoms with Crippen LogP contribution in [0.1, 0.15) is 96.8 Å². The average Bonchev–Trinajstić information content (AvgIpc) is 2.43. The molecule has 125 valence electrons. The van der Waals surface area contributed by atoms with E-state index in [0.717, 1.165) is 12.8 Å². The Kier molecular flexibility index (Phi) is 20.6. The Morgan fingerprint density at radius 3 is 1.67 bits per heavy atom. The zero-order valence-electron chi connectivity index (χ0n) is 14.4. The predicted molar refractivity (Wildman–Crippen MR) is 93.5 cm³/mol. The topological polar surface area (TPSA) is 37.3 Å². The molecule has 0 saturated heterocycles. The number of rotatable bonds is 15. The summed E-state index contributed by atoms with van der Waals surface area (Å²) in [5.41, 5.74) is 0. The number of allylic oxidation sites excluding steroid dienone is 2. The van der Waals surface area contributed by atoms with Gasteiger partial charge in [-0.15, -0.1) is 0 Å². The third kappa shape index (κ3) is 21.7. The molecule has 0 aromatic rings. The van der Waals surface area contributed by atoms with Gasteiger partial charge in [-0.2, -0.15) is 0 Å². The molecule has 21 heavy (non-hydrogen) atoms. The third-order valence-electron chi connectivity index (χ3n) is 3.65. The van der Waals surface area contributed by atoms with Crippen LogP contribution in [0.15, 0.2) is 12.2 Å². The molecule has 0 bridgehead atoms. The van der Waals surface area contributed by atoms with E-state index in [9.17, 15) is 4.79 Å². The molecule has 0 aliphatic carbocycles. The summed E-state index contributed by atoms with van der Waals surface area (Å²) in [5.74, 6) is -0.664. The molecule has 1 radical (unpaired) electrons. The van der Waals surface area contributed by atoms with Crippen molar-refractivity contribution in [3.05, 3.63) is 19.6 Å². The molecule has 0 spiro atoms. The average molecular weight is 298 g/mol. The standard InChI is InChI=1S/C18H34O2.CH3/c1-2-3-4-5-6-7-8-9-10-11-12-13-14-15-16-17-18(19)20;/h9-10H,2-8,11-17H2,1H3,(H,19,20);1H3. The summed E-state index contributed by atoms with van der Waals surface area (Å²) < 4.78 is 0. The van der Waals surface area contributed by atoms with Crippen molar-refractivity contribution in [1.82, 2.24) is 0 Å². The summed E-state index contributed by atoms with van der Waals surface area (Å²) in [4.78, 5) is 10.3. The minimum absolute atomic E-state index is 0. The van der Waals surface area contributed by atoms with E-state index in [-0.39, 0.29) is 7.43 Å². The van der Waals surface area contributed by atoms with Crippen LogP contribution < -0.4 is 0 Å². The lowest BCUT2D eigenvalue weighted by molar-refractivity contribution is -0.137.